The van der Waals surface area contributed by atoms with E-state index >= 15 is 0 Å². The molecule has 2 rings (SSSR count). The van der Waals surface area contributed by atoms with Crippen LogP contribution in [0, 0.1) is 11.3 Å². The molecule has 100 valence electrons. The number of nitrogens with one attached hydrogen (secondary N) is 1. The van der Waals surface area contributed by atoms with Gasteiger partial charge in [-0.15, -0.1) is 0 Å². The van der Waals surface area contributed by atoms with Gasteiger partial charge in [0.1, 0.15) is 17.4 Å². The van der Waals surface area contributed by atoms with Crippen molar-refractivity contribution in [2.75, 3.05) is 0 Å². The third-order valence-corrected chi connectivity index (χ3v) is 3.08. The van der Waals surface area contributed by atoms with E-state index in [4.69, 9.17) is 9.68 Å². The van der Waals surface area contributed by atoms with Crippen LogP contribution in [-0.2, 0) is 11.3 Å². The molecule has 0 aliphatic rings. The van der Waals surface area contributed by atoms with Gasteiger partial charge in [-0.25, -0.2) is 0 Å². The molecule has 1 aromatic carbocycles. The van der Waals surface area contributed by atoms with Crippen molar-refractivity contribution >= 4 is 27.9 Å². The maximum atomic E-state index is 11.9. The lowest BCUT2D eigenvalue weighted by Gasteiger charge is -2.02. The van der Waals surface area contributed by atoms with E-state index in [1.165, 1.54) is 6.26 Å². The van der Waals surface area contributed by atoms with Gasteiger partial charge in [0.25, 0.3) is 5.91 Å². The standard InChI is InChI=1S/C15H11BrN2O2/c16-13-5-3-11(4-6-13)8-12(9-17)15(19)18-10-14-2-1-7-20-14/h1-8H,10H2,(H,18,19). The van der Waals surface area contributed by atoms with Crippen molar-refractivity contribution in [2.45, 2.75) is 6.54 Å². The molecule has 0 bridgehead atoms. The number of carbonyl (C=O) groups excluding carboxylic acids is 1. The minimum Gasteiger partial charge on any atom is -0.467 e. The van der Waals surface area contributed by atoms with Gasteiger partial charge in [0, 0.05) is 4.47 Å². The molecule has 20 heavy (non-hydrogen) atoms. The van der Waals surface area contributed by atoms with Crippen molar-refractivity contribution in [3.8, 4) is 6.07 Å². The number of carbonyl (C=O) groups is 1. The highest BCUT2D eigenvalue weighted by Gasteiger charge is 2.09. The highest BCUT2D eigenvalue weighted by atomic mass is 79.9. The van der Waals surface area contributed by atoms with Crippen molar-refractivity contribution < 1.29 is 9.21 Å². The number of furan rings is 1. The molecule has 1 aromatic heterocycles. The highest BCUT2D eigenvalue weighted by molar-refractivity contribution is 9.10. The lowest BCUT2D eigenvalue weighted by molar-refractivity contribution is -0.117. The number of hydrogen-bond acceptors (Lipinski definition) is 3. The molecule has 1 N–H and O–H groups in total. The summed E-state index contributed by atoms with van der Waals surface area (Å²) in [6.07, 6.45) is 3.08. The first-order valence-corrected chi connectivity index (χ1v) is 6.66. The zero-order valence-electron chi connectivity index (χ0n) is 10.5. The Morgan fingerprint density at radius 2 is 2.10 bits per heavy atom. The summed E-state index contributed by atoms with van der Waals surface area (Å²) in [6.45, 7) is 0.255. The Kier molecular flexibility index (Phi) is 4.75. The van der Waals surface area contributed by atoms with E-state index in [0.717, 1.165) is 10.0 Å². The molecule has 0 aliphatic carbocycles. The van der Waals surface area contributed by atoms with E-state index in [1.54, 1.807) is 18.2 Å². The van der Waals surface area contributed by atoms with Crippen LogP contribution < -0.4 is 5.32 Å². The largest absolute Gasteiger partial charge is 0.467 e. The maximum Gasteiger partial charge on any atom is 0.262 e. The molecule has 0 atom stereocenters. The van der Waals surface area contributed by atoms with E-state index in [0.29, 0.717) is 5.76 Å². The Labute approximate surface area is 124 Å². The second-order valence-corrected chi connectivity index (χ2v) is 4.90. The molecule has 0 spiro atoms. The Morgan fingerprint density at radius 3 is 2.70 bits per heavy atom. The van der Waals surface area contributed by atoms with Gasteiger partial charge >= 0.3 is 0 Å². The van der Waals surface area contributed by atoms with Crippen LogP contribution in [0.2, 0.25) is 0 Å². The van der Waals surface area contributed by atoms with Crippen molar-refractivity contribution in [3.05, 3.63) is 64.0 Å². The van der Waals surface area contributed by atoms with Crippen LogP contribution in [0.5, 0.6) is 0 Å². The quantitative estimate of drug-likeness (QED) is 0.691. The fourth-order valence-electron chi connectivity index (χ4n) is 1.55. The van der Waals surface area contributed by atoms with E-state index < -0.39 is 5.91 Å². The average molecular weight is 331 g/mol. The number of nitriles is 1. The number of benzene rings is 1. The second-order valence-electron chi connectivity index (χ2n) is 3.98. The van der Waals surface area contributed by atoms with Crippen LogP contribution in [0.4, 0.5) is 0 Å². The van der Waals surface area contributed by atoms with Gasteiger partial charge in [0.2, 0.25) is 0 Å². The normalized spacial score (nSPS) is 10.9. The van der Waals surface area contributed by atoms with E-state index in [1.807, 2.05) is 30.3 Å². The van der Waals surface area contributed by atoms with Crippen LogP contribution in [0.3, 0.4) is 0 Å². The maximum absolute atomic E-state index is 11.9. The molecule has 0 saturated heterocycles. The van der Waals surface area contributed by atoms with Crippen LogP contribution in [0.25, 0.3) is 6.08 Å². The number of hydrogen-bond donors (Lipinski definition) is 1. The highest BCUT2D eigenvalue weighted by Crippen LogP contribution is 2.13. The van der Waals surface area contributed by atoms with Crippen molar-refractivity contribution in [1.29, 1.82) is 5.26 Å². The first-order chi connectivity index (χ1) is 9.69. The summed E-state index contributed by atoms with van der Waals surface area (Å²) >= 11 is 3.33. The van der Waals surface area contributed by atoms with Gasteiger partial charge in [-0.05, 0) is 35.9 Å². The molecule has 0 unspecified atom stereocenters. The van der Waals surface area contributed by atoms with Crippen LogP contribution in [0.15, 0.2) is 57.1 Å². The summed E-state index contributed by atoms with van der Waals surface area (Å²) in [6, 6.07) is 12.7. The van der Waals surface area contributed by atoms with E-state index in [-0.39, 0.29) is 12.1 Å². The molecule has 0 aliphatic heterocycles. The molecule has 5 heteroatoms. The Bertz CT molecular complexity index is 652. The molecule has 0 fully saturated rings. The van der Waals surface area contributed by atoms with Gasteiger partial charge in [0.05, 0.1) is 12.8 Å². The SMILES string of the molecule is N#CC(=Cc1ccc(Br)cc1)C(=O)NCc1ccco1. The topological polar surface area (TPSA) is 66.0 Å². The third kappa shape index (κ3) is 3.84. The summed E-state index contributed by atoms with van der Waals surface area (Å²) < 4.78 is 6.05. The lowest BCUT2D eigenvalue weighted by Crippen LogP contribution is -2.23. The number of halogens is 1. The molecule has 0 radical (unpaired) electrons. The number of amides is 1. The van der Waals surface area contributed by atoms with Crippen LogP contribution >= 0.6 is 15.9 Å². The Balaban J connectivity index is 2.05. The average Bonchev–Trinajstić information content (AvgIpc) is 2.97. The molecule has 0 saturated carbocycles. The van der Waals surface area contributed by atoms with Crippen molar-refractivity contribution in [3.63, 3.8) is 0 Å². The predicted octanol–water partition coefficient (Wildman–Crippen LogP) is 3.27. The minimum absolute atomic E-state index is 0.0545. The summed E-state index contributed by atoms with van der Waals surface area (Å²) in [5, 5.41) is 11.7. The summed E-state index contributed by atoms with van der Waals surface area (Å²) in [5.74, 6) is 0.214. The lowest BCUT2D eigenvalue weighted by atomic mass is 10.1. The summed E-state index contributed by atoms with van der Waals surface area (Å²) in [5.41, 5.74) is 0.844. The van der Waals surface area contributed by atoms with E-state index in [2.05, 4.69) is 21.2 Å². The zero-order chi connectivity index (χ0) is 14.4. The first kappa shape index (κ1) is 14.1. The Morgan fingerprint density at radius 1 is 1.35 bits per heavy atom. The fourth-order valence-corrected chi connectivity index (χ4v) is 1.81. The first-order valence-electron chi connectivity index (χ1n) is 5.87. The molecule has 1 amide bonds. The van der Waals surface area contributed by atoms with E-state index in [9.17, 15) is 4.79 Å². The smallest absolute Gasteiger partial charge is 0.262 e. The monoisotopic (exact) mass is 330 g/mol. The van der Waals surface area contributed by atoms with Gasteiger partial charge in [0.15, 0.2) is 0 Å². The number of nitrogens with zero attached hydrogens (tertiary/aromatic N) is 1. The van der Waals surface area contributed by atoms with Gasteiger partial charge in [-0.3, -0.25) is 4.79 Å². The molecule has 4 nitrogen and oxygen atoms in total. The molecule has 2 aromatic rings. The zero-order valence-corrected chi connectivity index (χ0v) is 12.1. The predicted molar refractivity (Wildman–Crippen MR) is 78.3 cm³/mol. The van der Waals surface area contributed by atoms with Gasteiger partial charge in [-0.2, -0.15) is 5.26 Å². The Hall–Kier alpha value is -2.32. The minimum atomic E-state index is -0.424. The second kappa shape index (κ2) is 6.73. The van der Waals surface area contributed by atoms with Crippen LogP contribution in [-0.4, -0.2) is 5.91 Å². The van der Waals surface area contributed by atoms with Crippen LogP contribution in [0.1, 0.15) is 11.3 Å². The van der Waals surface area contributed by atoms with Crippen molar-refractivity contribution in [2.24, 2.45) is 0 Å². The molecular formula is C15H11BrN2O2. The summed E-state index contributed by atoms with van der Waals surface area (Å²) in [7, 11) is 0. The van der Waals surface area contributed by atoms with Gasteiger partial charge in [-0.1, -0.05) is 28.1 Å². The fraction of sp³-hybridized carbons (Fsp3) is 0.0667. The molecule has 1 heterocycles. The molecular weight excluding hydrogens is 320 g/mol. The number of rotatable bonds is 4. The van der Waals surface area contributed by atoms with Gasteiger partial charge < -0.3 is 9.73 Å². The third-order valence-electron chi connectivity index (χ3n) is 2.55. The summed E-state index contributed by atoms with van der Waals surface area (Å²) in [4.78, 5) is 11.9. The van der Waals surface area contributed by atoms with Crippen molar-refractivity contribution in [1.82, 2.24) is 5.32 Å².